The highest BCUT2D eigenvalue weighted by molar-refractivity contribution is 5.89. The van der Waals surface area contributed by atoms with Crippen molar-refractivity contribution < 1.29 is 9.53 Å². The van der Waals surface area contributed by atoms with Crippen molar-refractivity contribution in [3.63, 3.8) is 0 Å². The van der Waals surface area contributed by atoms with Crippen LogP contribution in [-0.2, 0) is 4.74 Å². The van der Waals surface area contributed by atoms with Crippen LogP contribution in [0.2, 0.25) is 0 Å². The van der Waals surface area contributed by atoms with Crippen LogP contribution in [0.15, 0.2) is 60.7 Å². The van der Waals surface area contributed by atoms with Crippen molar-refractivity contribution in [2.24, 2.45) is 5.92 Å². The average molecular weight is 484 g/mol. The number of fused-ring (bicyclic) bond motifs is 1. The highest BCUT2D eigenvalue weighted by Gasteiger charge is 2.25. The van der Waals surface area contributed by atoms with Gasteiger partial charge in [0.25, 0.3) is 0 Å². The molecule has 1 fully saturated rings. The molecule has 7 heteroatoms. The molecule has 0 spiro atoms. The molecule has 0 aliphatic heterocycles. The molecule has 0 bridgehead atoms. The number of nitrogens with two attached hydrogens (primary N) is 1. The lowest BCUT2D eigenvalue weighted by Gasteiger charge is -2.29. The monoisotopic (exact) mass is 483 g/mol. The lowest BCUT2D eigenvalue weighted by atomic mass is 9.76. The van der Waals surface area contributed by atoms with E-state index in [1.807, 2.05) is 18.2 Å². The molecule has 7 nitrogen and oxygen atoms in total. The van der Waals surface area contributed by atoms with E-state index in [1.54, 1.807) is 6.07 Å². The zero-order valence-electron chi connectivity index (χ0n) is 20.7. The lowest BCUT2D eigenvalue weighted by molar-refractivity contribution is 0.0600. The van der Waals surface area contributed by atoms with Gasteiger partial charge in [-0.2, -0.15) is 10.3 Å². The van der Waals surface area contributed by atoms with Crippen molar-refractivity contribution in [2.75, 3.05) is 12.8 Å². The first-order valence-corrected chi connectivity index (χ1v) is 12.8. The number of aromatic nitrogens is 4. The van der Waals surface area contributed by atoms with Gasteiger partial charge >= 0.3 is 5.97 Å². The van der Waals surface area contributed by atoms with Crippen molar-refractivity contribution in [3.8, 4) is 0 Å². The smallest absolute Gasteiger partial charge is 0.337 e. The van der Waals surface area contributed by atoms with Crippen LogP contribution in [0.25, 0.3) is 11.2 Å². The number of hydrogen-bond acceptors (Lipinski definition) is 6. The SMILES string of the molecule is COC(=O)c1cccc(C(CCCC2CCC(c3ccccc3)CC2)c2cc(N)nc3n[nH]nc23)c1. The number of nitrogen functional groups attached to an aromatic ring is 1. The normalized spacial score (nSPS) is 18.7. The molecule has 0 amide bonds. The van der Waals surface area contributed by atoms with E-state index in [0.717, 1.165) is 35.4 Å². The zero-order chi connectivity index (χ0) is 24.9. The number of carbonyl (C=O) groups excluding carboxylic acids is 1. The van der Waals surface area contributed by atoms with Gasteiger partial charge in [0.1, 0.15) is 11.3 Å². The number of anilines is 1. The van der Waals surface area contributed by atoms with Gasteiger partial charge in [0.05, 0.1) is 12.7 Å². The molecule has 186 valence electrons. The summed E-state index contributed by atoms with van der Waals surface area (Å²) in [6, 6.07) is 20.5. The van der Waals surface area contributed by atoms with Gasteiger partial charge < -0.3 is 10.5 Å². The summed E-state index contributed by atoms with van der Waals surface area (Å²) in [5, 5.41) is 11.2. The third-order valence-electron chi connectivity index (χ3n) is 7.65. The number of nitrogens with one attached hydrogen (secondary N) is 1. The number of rotatable bonds is 8. The molecule has 3 N–H and O–H groups in total. The summed E-state index contributed by atoms with van der Waals surface area (Å²) in [6.45, 7) is 0. The summed E-state index contributed by atoms with van der Waals surface area (Å²) in [5.41, 5.74) is 11.4. The highest BCUT2D eigenvalue weighted by Crippen LogP contribution is 2.39. The molecule has 2 aromatic carbocycles. The van der Waals surface area contributed by atoms with Crippen molar-refractivity contribution in [1.29, 1.82) is 0 Å². The molecule has 0 saturated heterocycles. The van der Waals surface area contributed by atoms with E-state index in [9.17, 15) is 4.79 Å². The molecule has 5 rings (SSSR count). The Balaban J connectivity index is 1.32. The van der Waals surface area contributed by atoms with E-state index in [1.165, 1.54) is 44.8 Å². The van der Waals surface area contributed by atoms with Gasteiger partial charge in [-0.25, -0.2) is 9.78 Å². The first-order valence-electron chi connectivity index (χ1n) is 12.8. The number of methoxy groups -OCH3 is 1. The Morgan fingerprint density at radius 2 is 1.86 bits per heavy atom. The van der Waals surface area contributed by atoms with Gasteiger partial charge in [0.15, 0.2) is 0 Å². The number of pyridine rings is 1. The second-order valence-corrected chi connectivity index (χ2v) is 9.86. The summed E-state index contributed by atoms with van der Waals surface area (Å²) >= 11 is 0. The Bertz CT molecular complexity index is 1310. The van der Waals surface area contributed by atoms with Crippen LogP contribution in [0.1, 0.15) is 83.8 Å². The summed E-state index contributed by atoms with van der Waals surface area (Å²) in [6.07, 6.45) is 8.27. The summed E-state index contributed by atoms with van der Waals surface area (Å²) in [7, 11) is 1.40. The van der Waals surface area contributed by atoms with Gasteiger partial charge in [0, 0.05) is 5.92 Å². The molecule has 2 heterocycles. The molecule has 1 saturated carbocycles. The molecule has 2 aromatic heterocycles. The Kier molecular flexibility index (Phi) is 7.26. The van der Waals surface area contributed by atoms with Crippen LogP contribution < -0.4 is 5.73 Å². The fourth-order valence-corrected chi connectivity index (χ4v) is 5.77. The molecule has 36 heavy (non-hydrogen) atoms. The minimum absolute atomic E-state index is 0.0214. The number of hydrogen-bond donors (Lipinski definition) is 2. The average Bonchev–Trinajstić information content (AvgIpc) is 3.40. The maximum Gasteiger partial charge on any atom is 0.337 e. The molecule has 1 aliphatic carbocycles. The van der Waals surface area contributed by atoms with Gasteiger partial charge in [-0.15, -0.1) is 5.10 Å². The van der Waals surface area contributed by atoms with E-state index < -0.39 is 0 Å². The lowest BCUT2D eigenvalue weighted by Crippen LogP contribution is -2.14. The molecule has 0 radical (unpaired) electrons. The molecule has 1 aliphatic rings. The number of aromatic amines is 1. The second kappa shape index (κ2) is 10.9. The first kappa shape index (κ1) is 24.0. The Hall–Kier alpha value is -3.74. The maximum absolute atomic E-state index is 12.2. The zero-order valence-corrected chi connectivity index (χ0v) is 20.7. The number of nitrogens with zero attached hydrogens (tertiary/aromatic N) is 3. The van der Waals surface area contributed by atoms with E-state index in [0.29, 0.717) is 22.9 Å². The number of benzene rings is 2. The van der Waals surface area contributed by atoms with E-state index in [2.05, 4.69) is 56.8 Å². The molecular weight excluding hydrogens is 450 g/mol. The van der Waals surface area contributed by atoms with E-state index in [4.69, 9.17) is 10.5 Å². The first-order chi connectivity index (χ1) is 17.6. The molecule has 1 unspecified atom stereocenters. The third-order valence-corrected chi connectivity index (χ3v) is 7.65. The number of ether oxygens (including phenoxy) is 1. The van der Waals surface area contributed by atoms with Crippen molar-refractivity contribution in [3.05, 3.63) is 82.9 Å². The van der Waals surface area contributed by atoms with E-state index in [-0.39, 0.29) is 11.9 Å². The van der Waals surface area contributed by atoms with Crippen LogP contribution in [0, 0.1) is 5.92 Å². The second-order valence-electron chi connectivity index (χ2n) is 9.86. The van der Waals surface area contributed by atoms with Crippen molar-refractivity contribution >= 4 is 23.0 Å². The number of carbonyl (C=O) groups is 1. The summed E-state index contributed by atoms with van der Waals surface area (Å²) in [4.78, 5) is 16.5. The Morgan fingerprint density at radius 1 is 1.06 bits per heavy atom. The van der Waals surface area contributed by atoms with Crippen molar-refractivity contribution in [2.45, 2.75) is 56.8 Å². The Labute approximate surface area is 211 Å². The van der Waals surface area contributed by atoms with Gasteiger partial charge in [0.2, 0.25) is 5.65 Å². The fourth-order valence-electron chi connectivity index (χ4n) is 5.77. The number of H-pyrrole nitrogens is 1. The highest BCUT2D eigenvalue weighted by atomic mass is 16.5. The predicted octanol–water partition coefficient (Wildman–Crippen LogP) is 6.00. The maximum atomic E-state index is 12.2. The van der Waals surface area contributed by atoms with Crippen LogP contribution in [0.3, 0.4) is 0 Å². The Morgan fingerprint density at radius 3 is 2.64 bits per heavy atom. The molecular formula is C29H33N5O2. The van der Waals surface area contributed by atoms with Gasteiger partial charge in [-0.1, -0.05) is 55.3 Å². The summed E-state index contributed by atoms with van der Waals surface area (Å²) in [5.74, 6) is 1.54. The van der Waals surface area contributed by atoms with Crippen LogP contribution >= 0.6 is 0 Å². The van der Waals surface area contributed by atoms with Gasteiger partial charge in [-0.05, 0) is 78.8 Å². The molecule has 1 atom stereocenters. The third kappa shape index (κ3) is 5.25. The number of esters is 1. The fraction of sp³-hybridized carbons (Fsp3) is 0.379. The summed E-state index contributed by atoms with van der Waals surface area (Å²) < 4.78 is 4.96. The van der Waals surface area contributed by atoms with E-state index >= 15 is 0 Å². The van der Waals surface area contributed by atoms with Crippen LogP contribution in [-0.4, -0.2) is 33.5 Å². The topological polar surface area (TPSA) is 107 Å². The minimum atomic E-state index is -0.341. The standard InChI is InChI=1S/C29H33N5O2/c1-36-29(35)23-11-6-10-22(17-23)24(25-18-26(30)31-28-27(25)32-34-33-28)12-5-7-19-13-15-21(16-14-19)20-8-3-2-4-9-20/h2-4,6,8-11,17-19,21,24H,5,7,12-16H2,1H3,(H3,30,31,32,33,34). The van der Waals surface area contributed by atoms with Crippen molar-refractivity contribution in [1.82, 2.24) is 20.4 Å². The minimum Gasteiger partial charge on any atom is -0.465 e. The van der Waals surface area contributed by atoms with Crippen LogP contribution in [0.4, 0.5) is 5.82 Å². The van der Waals surface area contributed by atoms with Gasteiger partial charge in [-0.3, -0.25) is 0 Å². The van der Waals surface area contributed by atoms with Crippen LogP contribution in [0.5, 0.6) is 0 Å². The largest absolute Gasteiger partial charge is 0.465 e. The molecule has 4 aromatic rings. The quantitative estimate of drug-likeness (QED) is 0.298. The predicted molar refractivity (Wildman–Crippen MR) is 141 cm³/mol.